The topological polar surface area (TPSA) is 66.4 Å². The molecular formula is C11H8BrCl2NO3S2. The van der Waals surface area contributed by atoms with Gasteiger partial charge in [-0.15, -0.1) is 11.3 Å². The molecule has 0 bridgehead atoms. The minimum atomic E-state index is -3.81. The quantitative estimate of drug-likeness (QED) is 0.787. The van der Waals surface area contributed by atoms with Gasteiger partial charge < -0.3 is 5.11 Å². The first-order chi connectivity index (χ1) is 9.33. The van der Waals surface area contributed by atoms with Gasteiger partial charge in [-0.3, -0.25) is 4.72 Å². The second-order valence-electron chi connectivity index (χ2n) is 3.74. The Hall–Kier alpha value is -0.310. The molecule has 1 heterocycles. The van der Waals surface area contributed by atoms with Crippen molar-refractivity contribution in [2.24, 2.45) is 0 Å². The number of anilines is 1. The zero-order valence-corrected chi connectivity index (χ0v) is 14.5. The number of halogens is 3. The molecule has 4 nitrogen and oxygen atoms in total. The Morgan fingerprint density at radius 2 is 2.00 bits per heavy atom. The standard InChI is InChI=1S/C11H8BrCl2NO3S2/c12-11-10(4-7(5-16)19-11)20(17,18)15-9-3-6(13)1-2-8(9)14/h1-4,15-16H,5H2. The van der Waals surface area contributed by atoms with E-state index in [-0.39, 0.29) is 22.2 Å². The molecule has 2 aromatic rings. The Morgan fingerprint density at radius 1 is 1.30 bits per heavy atom. The van der Waals surface area contributed by atoms with Crippen molar-refractivity contribution < 1.29 is 13.5 Å². The van der Waals surface area contributed by atoms with Crippen LogP contribution in [0.5, 0.6) is 0 Å². The molecule has 0 aliphatic carbocycles. The highest BCUT2D eigenvalue weighted by atomic mass is 79.9. The van der Waals surface area contributed by atoms with Gasteiger partial charge in [0.15, 0.2) is 0 Å². The van der Waals surface area contributed by atoms with Crippen molar-refractivity contribution in [3.8, 4) is 0 Å². The van der Waals surface area contributed by atoms with Crippen LogP contribution in [0.3, 0.4) is 0 Å². The zero-order valence-electron chi connectivity index (χ0n) is 9.73. The Bertz CT molecular complexity index is 746. The van der Waals surface area contributed by atoms with E-state index in [0.29, 0.717) is 13.7 Å². The average molecular weight is 417 g/mol. The van der Waals surface area contributed by atoms with Gasteiger partial charge in [-0.2, -0.15) is 0 Å². The van der Waals surface area contributed by atoms with E-state index in [0.717, 1.165) is 11.3 Å². The minimum absolute atomic E-state index is 0.0441. The fourth-order valence-electron chi connectivity index (χ4n) is 1.43. The van der Waals surface area contributed by atoms with E-state index in [2.05, 4.69) is 20.7 Å². The third-order valence-electron chi connectivity index (χ3n) is 2.32. The molecule has 0 atom stereocenters. The molecule has 108 valence electrons. The van der Waals surface area contributed by atoms with Gasteiger partial charge in [0.1, 0.15) is 4.90 Å². The van der Waals surface area contributed by atoms with Gasteiger partial charge in [-0.1, -0.05) is 23.2 Å². The summed E-state index contributed by atoms with van der Waals surface area (Å²) < 4.78 is 27.4. The number of rotatable bonds is 4. The summed E-state index contributed by atoms with van der Waals surface area (Å²) in [7, 11) is -3.81. The molecule has 0 amide bonds. The van der Waals surface area contributed by atoms with Crippen LogP contribution >= 0.6 is 50.5 Å². The second kappa shape index (κ2) is 6.21. The highest BCUT2D eigenvalue weighted by Gasteiger charge is 2.22. The Labute approximate surface area is 138 Å². The van der Waals surface area contributed by atoms with E-state index in [4.69, 9.17) is 28.3 Å². The molecule has 1 aromatic carbocycles. The van der Waals surface area contributed by atoms with E-state index >= 15 is 0 Å². The average Bonchev–Trinajstić information content (AvgIpc) is 2.76. The molecule has 1 aromatic heterocycles. The highest BCUT2D eigenvalue weighted by Crippen LogP contribution is 2.34. The van der Waals surface area contributed by atoms with Crippen LogP contribution in [0.4, 0.5) is 5.69 Å². The fraction of sp³-hybridized carbons (Fsp3) is 0.0909. The molecule has 9 heteroatoms. The van der Waals surface area contributed by atoms with Gasteiger partial charge in [0.25, 0.3) is 10.0 Å². The lowest BCUT2D eigenvalue weighted by atomic mass is 10.3. The first-order valence-electron chi connectivity index (χ1n) is 5.20. The summed E-state index contributed by atoms with van der Waals surface area (Å²) in [6.45, 7) is -0.225. The molecule has 2 N–H and O–H groups in total. The van der Waals surface area contributed by atoms with E-state index in [9.17, 15) is 8.42 Å². The SMILES string of the molecule is O=S(=O)(Nc1cc(Cl)ccc1Cl)c1cc(CO)sc1Br. The third-order valence-corrected chi connectivity index (χ3v) is 6.49. The maximum Gasteiger partial charge on any atom is 0.263 e. The predicted octanol–water partition coefficient (Wildman–Crippen LogP) is 4.11. The maximum atomic E-state index is 12.3. The smallest absolute Gasteiger partial charge is 0.263 e. The molecular weight excluding hydrogens is 409 g/mol. The lowest BCUT2D eigenvalue weighted by molar-refractivity contribution is 0.285. The van der Waals surface area contributed by atoms with Crippen LogP contribution in [-0.2, 0) is 16.6 Å². The summed E-state index contributed by atoms with van der Waals surface area (Å²) in [5.74, 6) is 0. The van der Waals surface area contributed by atoms with Crippen molar-refractivity contribution in [3.63, 3.8) is 0 Å². The van der Waals surface area contributed by atoms with Crippen LogP contribution in [0, 0.1) is 0 Å². The lowest BCUT2D eigenvalue weighted by Crippen LogP contribution is -2.13. The maximum absolute atomic E-state index is 12.3. The van der Waals surface area contributed by atoms with Crippen molar-refractivity contribution in [2.75, 3.05) is 4.72 Å². The van der Waals surface area contributed by atoms with Gasteiger partial charge in [-0.25, -0.2) is 8.42 Å². The van der Waals surface area contributed by atoms with Crippen molar-refractivity contribution in [2.45, 2.75) is 11.5 Å². The molecule has 2 rings (SSSR count). The van der Waals surface area contributed by atoms with Crippen LogP contribution in [0.15, 0.2) is 32.9 Å². The lowest BCUT2D eigenvalue weighted by Gasteiger charge is -2.09. The zero-order chi connectivity index (χ0) is 14.9. The normalized spacial score (nSPS) is 11.6. The number of nitrogens with one attached hydrogen (secondary N) is 1. The van der Waals surface area contributed by atoms with Crippen molar-refractivity contribution in [1.82, 2.24) is 0 Å². The van der Waals surface area contributed by atoms with Crippen LogP contribution in [0.2, 0.25) is 10.0 Å². The minimum Gasteiger partial charge on any atom is -0.391 e. The molecule has 0 unspecified atom stereocenters. The van der Waals surface area contributed by atoms with Gasteiger partial charge in [0, 0.05) is 9.90 Å². The molecule has 0 saturated heterocycles. The summed E-state index contributed by atoms with van der Waals surface area (Å²) in [5.41, 5.74) is 0.197. The molecule has 0 aliphatic rings. The highest BCUT2D eigenvalue weighted by molar-refractivity contribution is 9.11. The number of aliphatic hydroxyl groups is 1. The first-order valence-corrected chi connectivity index (χ1v) is 9.05. The Kier molecular flexibility index (Phi) is 4.99. The van der Waals surface area contributed by atoms with Crippen LogP contribution in [0.1, 0.15) is 4.88 Å². The van der Waals surface area contributed by atoms with Gasteiger partial charge >= 0.3 is 0 Å². The number of sulfonamides is 1. The van der Waals surface area contributed by atoms with E-state index in [1.807, 2.05) is 0 Å². The number of aliphatic hydroxyl groups excluding tert-OH is 1. The van der Waals surface area contributed by atoms with E-state index < -0.39 is 10.0 Å². The summed E-state index contributed by atoms with van der Waals surface area (Å²) in [5, 5.41) is 9.66. The van der Waals surface area contributed by atoms with Gasteiger partial charge in [-0.05, 0) is 40.2 Å². The number of thiophene rings is 1. The van der Waals surface area contributed by atoms with Crippen molar-refractivity contribution in [1.29, 1.82) is 0 Å². The van der Waals surface area contributed by atoms with Crippen molar-refractivity contribution in [3.05, 3.63) is 43.0 Å². The second-order valence-corrected chi connectivity index (χ2v) is 8.69. The van der Waals surface area contributed by atoms with Gasteiger partial charge in [0.2, 0.25) is 0 Å². The fourth-order valence-corrected chi connectivity index (χ4v) is 5.44. The Morgan fingerprint density at radius 3 is 2.60 bits per heavy atom. The number of hydrogen-bond donors (Lipinski definition) is 2. The van der Waals surface area contributed by atoms with Crippen LogP contribution < -0.4 is 4.72 Å². The first kappa shape index (κ1) is 16.1. The van der Waals surface area contributed by atoms with E-state index in [1.165, 1.54) is 18.2 Å². The van der Waals surface area contributed by atoms with Crippen LogP contribution in [0.25, 0.3) is 0 Å². The summed E-state index contributed by atoms with van der Waals surface area (Å²) in [4.78, 5) is 0.581. The molecule has 20 heavy (non-hydrogen) atoms. The largest absolute Gasteiger partial charge is 0.391 e. The molecule has 0 saturated carbocycles. The van der Waals surface area contributed by atoms with Gasteiger partial charge in [0.05, 0.1) is 21.1 Å². The van der Waals surface area contributed by atoms with E-state index in [1.54, 1.807) is 6.07 Å². The number of hydrogen-bond acceptors (Lipinski definition) is 4. The molecule has 0 fully saturated rings. The predicted molar refractivity (Wildman–Crippen MR) is 85.2 cm³/mol. The van der Waals surface area contributed by atoms with Crippen molar-refractivity contribution >= 4 is 66.2 Å². The summed E-state index contributed by atoms with van der Waals surface area (Å²) in [6.07, 6.45) is 0. The monoisotopic (exact) mass is 415 g/mol. The number of benzene rings is 1. The van der Waals surface area contributed by atoms with Crippen LogP contribution in [-0.4, -0.2) is 13.5 Å². The third kappa shape index (κ3) is 3.47. The summed E-state index contributed by atoms with van der Waals surface area (Å²) >= 11 is 16.1. The molecule has 0 spiro atoms. The molecule has 0 aliphatic heterocycles. The Balaban J connectivity index is 2.40. The molecule has 0 radical (unpaired) electrons. The summed E-state index contributed by atoms with van der Waals surface area (Å²) in [6, 6.07) is 5.89.